The number of methoxy groups -OCH3 is 1. The maximum absolute atomic E-state index is 12.3. The number of nitrogens with zero attached hydrogens (tertiary/aromatic N) is 1. The topological polar surface area (TPSA) is 50.8 Å². The summed E-state index contributed by atoms with van der Waals surface area (Å²) in [6.07, 6.45) is 4.34. The Balaban J connectivity index is 2.60. The van der Waals surface area contributed by atoms with Gasteiger partial charge in [0.2, 0.25) is 0 Å². The molecule has 1 N–H and O–H groups in total. The fourth-order valence-corrected chi connectivity index (χ4v) is 2.44. The number of alkyl halides is 2. The van der Waals surface area contributed by atoms with Crippen molar-refractivity contribution in [2.45, 2.75) is 58.7 Å². The Kier molecular flexibility index (Phi) is 9.02. The average Bonchev–Trinajstić information content (AvgIpc) is 2.55. The summed E-state index contributed by atoms with van der Waals surface area (Å²) < 4.78 is 34.2. The van der Waals surface area contributed by atoms with E-state index in [4.69, 9.17) is 4.74 Å². The van der Waals surface area contributed by atoms with Gasteiger partial charge >= 0.3 is 12.6 Å². The Morgan fingerprint density at radius 1 is 1.28 bits per heavy atom. The molecule has 1 aromatic rings. The lowest BCUT2D eigenvalue weighted by Crippen LogP contribution is -2.41. The van der Waals surface area contributed by atoms with Gasteiger partial charge in [0.25, 0.3) is 0 Å². The van der Waals surface area contributed by atoms with Crippen molar-refractivity contribution in [2.75, 3.05) is 14.2 Å². The monoisotopic (exact) mass is 358 g/mol. The lowest BCUT2D eigenvalue weighted by Gasteiger charge is -2.22. The maximum atomic E-state index is 12.3. The van der Waals surface area contributed by atoms with E-state index < -0.39 is 6.61 Å². The van der Waals surface area contributed by atoms with E-state index in [2.05, 4.69) is 17.0 Å². The van der Waals surface area contributed by atoms with E-state index >= 15 is 0 Å². The lowest BCUT2D eigenvalue weighted by atomic mass is 10.1. The van der Waals surface area contributed by atoms with Crippen LogP contribution < -0.4 is 14.8 Å². The molecule has 1 atom stereocenters. The largest absolute Gasteiger partial charge is 0.493 e. The molecule has 0 heterocycles. The molecule has 25 heavy (non-hydrogen) atoms. The van der Waals surface area contributed by atoms with Crippen molar-refractivity contribution in [3.8, 4) is 11.5 Å². The summed E-state index contributed by atoms with van der Waals surface area (Å²) in [5.41, 5.74) is 0.759. The molecule has 0 aliphatic rings. The van der Waals surface area contributed by atoms with E-state index in [0.29, 0.717) is 6.54 Å². The average molecular weight is 358 g/mol. The Bertz CT molecular complexity index is 541. The summed E-state index contributed by atoms with van der Waals surface area (Å²) in [4.78, 5) is 13.8. The zero-order valence-corrected chi connectivity index (χ0v) is 15.4. The van der Waals surface area contributed by atoms with Crippen LogP contribution in [0.5, 0.6) is 11.5 Å². The number of carbonyl (C=O) groups excluding carboxylic acids is 1. The minimum Gasteiger partial charge on any atom is -0.493 e. The molecular formula is C18H28F2N2O3. The van der Waals surface area contributed by atoms with Gasteiger partial charge in [0, 0.05) is 19.6 Å². The Labute approximate surface area is 148 Å². The second kappa shape index (κ2) is 10.7. The highest BCUT2D eigenvalue weighted by Gasteiger charge is 2.15. The van der Waals surface area contributed by atoms with E-state index in [9.17, 15) is 13.6 Å². The molecule has 0 bridgehead atoms. The number of rotatable bonds is 10. The predicted molar refractivity (Wildman–Crippen MR) is 93.2 cm³/mol. The Morgan fingerprint density at radius 3 is 2.60 bits per heavy atom. The molecule has 1 aromatic carbocycles. The normalized spacial score (nSPS) is 12.0. The zero-order valence-electron chi connectivity index (χ0n) is 15.4. The van der Waals surface area contributed by atoms with Gasteiger partial charge in [-0.1, -0.05) is 32.3 Å². The summed E-state index contributed by atoms with van der Waals surface area (Å²) >= 11 is 0. The van der Waals surface area contributed by atoms with E-state index in [1.165, 1.54) is 13.2 Å². The first kappa shape index (κ1) is 21.0. The van der Waals surface area contributed by atoms with E-state index in [1.54, 1.807) is 24.1 Å². The second-order valence-corrected chi connectivity index (χ2v) is 6.07. The third-order valence-corrected chi connectivity index (χ3v) is 3.82. The molecule has 5 nitrogen and oxygen atoms in total. The molecule has 0 saturated carbocycles. The highest BCUT2D eigenvalue weighted by Crippen LogP contribution is 2.29. The van der Waals surface area contributed by atoms with Crippen molar-refractivity contribution in [1.82, 2.24) is 10.2 Å². The van der Waals surface area contributed by atoms with Crippen molar-refractivity contribution in [2.24, 2.45) is 0 Å². The summed E-state index contributed by atoms with van der Waals surface area (Å²) in [6, 6.07) is 4.58. The molecule has 142 valence electrons. The molecule has 1 unspecified atom stereocenters. The van der Waals surface area contributed by atoms with Crippen LogP contribution in [-0.2, 0) is 6.54 Å². The highest BCUT2D eigenvalue weighted by molar-refractivity contribution is 5.74. The van der Waals surface area contributed by atoms with Gasteiger partial charge < -0.3 is 19.7 Å². The fourth-order valence-electron chi connectivity index (χ4n) is 2.44. The van der Waals surface area contributed by atoms with Crippen molar-refractivity contribution < 1.29 is 23.0 Å². The van der Waals surface area contributed by atoms with Gasteiger partial charge in [-0.15, -0.1) is 0 Å². The van der Waals surface area contributed by atoms with Gasteiger partial charge in [-0.05, 0) is 31.0 Å². The van der Waals surface area contributed by atoms with Crippen LogP contribution in [0.25, 0.3) is 0 Å². The van der Waals surface area contributed by atoms with Gasteiger partial charge in [-0.3, -0.25) is 0 Å². The van der Waals surface area contributed by atoms with Crippen LogP contribution in [0.1, 0.15) is 45.1 Å². The van der Waals surface area contributed by atoms with Crippen LogP contribution >= 0.6 is 0 Å². The minimum absolute atomic E-state index is 0.0297. The summed E-state index contributed by atoms with van der Waals surface area (Å²) in [5.74, 6) is 0.178. The summed E-state index contributed by atoms with van der Waals surface area (Å²) in [5, 5.41) is 2.96. The number of amides is 2. The number of ether oxygens (including phenoxy) is 2. The molecule has 0 aliphatic heterocycles. The molecular weight excluding hydrogens is 330 g/mol. The number of halogens is 2. The smallest absolute Gasteiger partial charge is 0.387 e. The van der Waals surface area contributed by atoms with Crippen molar-refractivity contribution in [3.63, 3.8) is 0 Å². The van der Waals surface area contributed by atoms with E-state index in [1.807, 2.05) is 6.92 Å². The third-order valence-electron chi connectivity index (χ3n) is 3.82. The SMILES string of the molecule is CCCCCC(C)NC(=O)N(C)Cc1ccc(OC(F)F)c(OC)c1. The summed E-state index contributed by atoms with van der Waals surface area (Å²) in [7, 11) is 3.07. The van der Waals surface area contributed by atoms with Crippen LogP contribution in [0.15, 0.2) is 18.2 Å². The first-order valence-electron chi connectivity index (χ1n) is 8.50. The predicted octanol–water partition coefficient (Wildman–Crippen LogP) is 4.41. The maximum Gasteiger partial charge on any atom is 0.387 e. The van der Waals surface area contributed by atoms with E-state index in [0.717, 1.165) is 31.2 Å². The molecule has 7 heteroatoms. The minimum atomic E-state index is -2.91. The van der Waals surface area contributed by atoms with Crippen LogP contribution in [0.2, 0.25) is 0 Å². The molecule has 1 rings (SSSR count). The van der Waals surface area contributed by atoms with Crippen LogP contribution in [0, 0.1) is 0 Å². The van der Waals surface area contributed by atoms with Crippen molar-refractivity contribution >= 4 is 6.03 Å². The quantitative estimate of drug-likeness (QED) is 0.631. The number of hydrogen-bond acceptors (Lipinski definition) is 3. The number of urea groups is 1. The number of nitrogens with one attached hydrogen (secondary N) is 1. The standard InChI is InChI=1S/C18H28F2N2O3/c1-5-6-7-8-13(2)21-18(23)22(3)12-14-9-10-15(25-17(19)20)16(11-14)24-4/h9-11,13,17H,5-8,12H2,1-4H3,(H,21,23). The molecule has 0 fully saturated rings. The number of benzene rings is 1. The number of carbonyl (C=O) groups is 1. The first-order chi connectivity index (χ1) is 11.9. The molecule has 2 amide bonds. The third kappa shape index (κ3) is 7.58. The van der Waals surface area contributed by atoms with Crippen molar-refractivity contribution in [1.29, 1.82) is 0 Å². The van der Waals surface area contributed by atoms with Gasteiger partial charge in [0.15, 0.2) is 11.5 Å². The molecule has 0 saturated heterocycles. The van der Waals surface area contributed by atoms with Gasteiger partial charge in [0.05, 0.1) is 7.11 Å². The molecule has 0 aromatic heterocycles. The van der Waals surface area contributed by atoms with Crippen LogP contribution in [0.3, 0.4) is 0 Å². The van der Waals surface area contributed by atoms with Gasteiger partial charge in [-0.25, -0.2) is 4.79 Å². The van der Waals surface area contributed by atoms with Gasteiger partial charge in [0.1, 0.15) is 0 Å². The van der Waals surface area contributed by atoms with E-state index in [-0.39, 0.29) is 23.6 Å². The zero-order chi connectivity index (χ0) is 18.8. The molecule has 0 radical (unpaired) electrons. The lowest BCUT2D eigenvalue weighted by molar-refractivity contribution is -0.0512. The molecule has 0 spiro atoms. The molecule has 0 aliphatic carbocycles. The van der Waals surface area contributed by atoms with Crippen molar-refractivity contribution in [3.05, 3.63) is 23.8 Å². The fraction of sp³-hybridized carbons (Fsp3) is 0.611. The first-order valence-corrected chi connectivity index (χ1v) is 8.50. The van der Waals surface area contributed by atoms with Crippen LogP contribution in [0.4, 0.5) is 13.6 Å². The van der Waals surface area contributed by atoms with Gasteiger partial charge in [-0.2, -0.15) is 8.78 Å². The second-order valence-electron chi connectivity index (χ2n) is 6.07. The van der Waals surface area contributed by atoms with Crippen LogP contribution in [-0.4, -0.2) is 37.7 Å². The Hall–Kier alpha value is -2.05. The number of unbranched alkanes of at least 4 members (excludes halogenated alkanes) is 2. The number of hydrogen-bond donors (Lipinski definition) is 1. The highest BCUT2D eigenvalue weighted by atomic mass is 19.3. The Morgan fingerprint density at radius 2 is 2.00 bits per heavy atom. The summed E-state index contributed by atoms with van der Waals surface area (Å²) in [6.45, 7) is 1.55.